The van der Waals surface area contributed by atoms with Crippen LogP contribution in [0.15, 0.2) is 23.2 Å². The van der Waals surface area contributed by atoms with Crippen LogP contribution in [0.5, 0.6) is 5.75 Å². The summed E-state index contributed by atoms with van der Waals surface area (Å²) in [6.45, 7) is 6.06. The maximum Gasteiger partial charge on any atom is 0.156 e. The zero-order valence-corrected chi connectivity index (χ0v) is 14.5. The molecule has 1 aromatic rings. The third kappa shape index (κ3) is 3.86. The fourth-order valence-electron chi connectivity index (χ4n) is 2.40. The summed E-state index contributed by atoms with van der Waals surface area (Å²) in [5.41, 5.74) is 1.35. The molecule has 116 valence electrons. The normalized spacial score (nSPS) is 17.2. The quantitative estimate of drug-likeness (QED) is 0.873. The first-order chi connectivity index (χ1) is 10.1. The Morgan fingerprint density at radius 1 is 1.38 bits per heavy atom. The number of hydrogen-bond donors (Lipinski definition) is 1. The van der Waals surface area contributed by atoms with Crippen LogP contribution in [0.25, 0.3) is 0 Å². The van der Waals surface area contributed by atoms with Gasteiger partial charge < -0.3 is 10.1 Å². The molecule has 0 saturated heterocycles. The fraction of sp³-hybridized carbons (Fsp3) is 0.562. The molecule has 5 heteroatoms. The molecule has 0 atom stereocenters. The van der Waals surface area contributed by atoms with E-state index in [1.54, 1.807) is 7.11 Å². The van der Waals surface area contributed by atoms with E-state index in [1.165, 1.54) is 12.8 Å². The molecule has 0 fully saturated rings. The van der Waals surface area contributed by atoms with Gasteiger partial charge in [0.25, 0.3) is 0 Å². The Hall–Kier alpha value is -0.870. The highest BCUT2D eigenvalue weighted by Gasteiger charge is 2.30. The number of amidine groups is 1. The lowest BCUT2D eigenvalue weighted by atomic mass is 9.84. The molecule has 1 N–H and O–H groups in total. The lowest BCUT2D eigenvalue weighted by Crippen LogP contribution is -2.34. The number of thioether (sulfide) groups is 1. The fourth-order valence-corrected chi connectivity index (χ4v) is 3.91. The van der Waals surface area contributed by atoms with E-state index < -0.39 is 0 Å². The summed E-state index contributed by atoms with van der Waals surface area (Å²) in [6, 6.07) is 5.71. The highest BCUT2D eigenvalue weighted by atomic mass is 35.5. The molecular formula is C16H23ClN2OS. The molecule has 0 aromatic heterocycles. The second-order valence-electron chi connectivity index (χ2n) is 5.39. The lowest BCUT2D eigenvalue weighted by molar-refractivity contribution is 0.318. The molecule has 0 saturated carbocycles. The predicted octanol–water partition coefficient (Wildman–Crippen LogP) is 4.35. The smallest absolute Gasteiger partial charge is 0.156 e. The van der Waals surface area contributed by atoms with Crippen LogP contribution in [0.4, 0.5) is 0 Å². The largest absolute Gasteiger partial charge is 0.496 e. The first-order valence-corrected chi connectivity index (χ1v) is 8.73. The zero-order valence-electron chi connectivity index (χ0n) is 12.9. The number of nitrogens with one attached hydrogen (secondary N) is 1. The Kier molecular flexibility index (Phi) is 5.82. The predicted molar refractivity (Wildman–Crippen MR) is 92.6 cm³/mol. The number of aliphatic imine (C=N–C) groups is 1. The summed E-state index contributed by atoms with van der Waals surface area (Å²) in [6.07, 6.45) is 2.37. The summed E-state index contributed by atoms with van der Waals surface area (Å²) in [4.78, 5) is 4.71. The second kappa shape index (κ2) is 7.41. The molecule has 2 rings (SSSR count). The molecule has 0 radical (unpaired) electrons. The molecule has 1 aromatic carbocycles. The molecule has 0 spiro atoms. The van der Waals surface area contributed by atoms with Gasteiger partial charge in [-0.3, -0.25) is 4.99 Å². The van der Waals surface area contributed by atoms with Crippen LogP contribution in [0.3, 0.4) is 0 Å². The molecule has 3 nitrogen and oxygen atoms in total. The molecule has 0 unspecified atom stereocenters. The summed E-state index contributed by atoms with van der Waals surface area (Å²) in [5.74, 6) is 1.94. The molecular weight excluding hydrogens is 304 g/mol. The van der Waals surface area contributed by atoms with E-state index in [4.69, 9.17) is 21.3 Å². The molecule has 1 aliphatic rings. The SMILES string of the molecule is CCC1(CC)CN=C(NCc2c(Cl)cccc2OC)SC1. The first kappa shape index (κ1) is 16.5. The average molecular weight is 327 g/mol. The minimum absolute atomic E-state index is 0.373. The van der Waals surface area contributed by atoms with E-state index in [-0.39, 0.29) is 0 Å². The van der Waals surface area contributed by atoms with Gasteiger partial charge in [-0.15, -0.1) is 0 Å². The van der Waals surface area contributed by atoms with Gasteiger partial charge >= 0.3 is 0 Å². The van der Waals surface area contributed by atoms with Crippen LogP contribution >= 0.6 is 23.4 Å². The van der Waals surface area contributed by atoms with Crippen LogP contribution in [-0.2, 0) is 6.54 Å². The minimum Gasteiger partial charge on any atom is -0.496 e. The average Bonchev–Trinajstić information content (AvgIpc) is 2.54. The number of benzene rings is 1. The van der Waals surface area contributed by atoms with Gasteiger partial charge in [-0.25, -0.2) is 0 Å². The van der Waals surface area contributed by atoms with Crippen molar-refractivity contribution in [1.82, 2.24) is 5.32 Å². The molecule has 1 heterocycles. The summed E-state index contributed by atoms with van der Waals surface area (Å²) in [5, 5.41) is 5.12. The third-order valence-corrected chi connectivity index (χ3v) is 5.94. The molecule has 21 heavy (non-hydrogen) atoms. The van der Waals surface area contributed by atoms with Gasteiger partial charge in [-0.2, -0.15) is 0 Å². The Morgan fingerprint density at radius 3 is 2.71 bits per heavy atom. The Balaban J connectivity index is 2.00. The number of ether oxygens (including phenoxy) is 1. The maximum absolute atomic E-state index is 6.25. The topological polar surface area (TPSA) is 33.6 Å². The monoisotopic (exact) mass is 326 g/mol. The van der Waals surface area contributed by atoms with Gasteiger partial charge in [0.1, 0.15) is 5.75 Å². The minimum atomic E-state index is 0.373. The highest BCUT2D eigenvalue weighted by molar-refractivity contribution is 8.13. The van der Waals surface area contributed by atoms with Gasteiger partial charge in [0.05, 0.1) is 7.11 Å². The standard InChI is InChI=1S/C16H23ClN2OS/c1-4-16(5-2)10-19-15(21-11-16)18-9-12-13(17)7-6-8-14(12)20-3/h6-8H,4-5,9-11H2,1-3H3,(H,18,19). The number of rotatable bonds is 5. The third-order valence-electron chi connectivity index (χ3n) is 4.29. The van der Waals surface area contributed by atoms with Crippen molar-refractivity contribution in [2.24, 2.45) is 10.4 Å². The van der Waals surface area contributed by atoms with E-state index in [0.29, 0.717) is 12.0 Å². The van der Waals surface area contributed by atoms with Crippen molar-refractivity contribution >= 4 is 28.5 Å². The first-order valence-electron chi connectivity index (χ1n) is 7.36. The number of hydrogen-bond acceptors (Lipinski definition) is 4. The molecule has 0 amide bonds. The van der Waals surface area contributed by atoms with Gasteiger partial charge in [0, 0.05) is 29.4 Å². The van der Waals surface area contributed by atoms with Crippen LogP contribution in [0.2, 0.25) is 5.02 Å². The Bertz CT molecular complexity index is 515. The van der Waals surface area contributed by atoms with E-state index in [0.717, 1.165) is 33.8 Å². The van der Waals surface area contributed by atoms with Crippen molar-refractivity contribution < 1.29 is 4.74 Å². The van der Waals surface area contributed by atoms with Crippen molar-refractivity contribution in [2.75, 3.05) is 19.4 Å². The lowest BCUT2D eigenvalue weighted by Gasteiger charge is -2.33. The van der Waals surface area contributed by atoms with Gasteiger partial charge in [-0.1, -0.05) is 43.3 Å². The van der Waals surface area contributed by atoms with E-state index >= 15 is 0 Å². The number of methoxy groups -OCH3 is 1. The highest BCUT2D eigenvalue weighted by Crippen LogP contribution is 2.35. The maximum atomic E-state index is 6.25. The van der Waals surface area contributed by atoms with Crippen molar-refractivity contribution in [2.45, 2.75) is 33.2 Å². The van der Waals surface area contributed by atoms with Crippen molar-refractivity contribution in [3.63, 3.8) is 0 Å². The second-order valence-corrected chi connectivity index (χ2v) is 6.76. The van der Waals surface area contributed by atoms with E-state index in [9.17, 15) is 0 Å². The Morgan fingerprint density at radius 2 is 2.14 bits per heavy atom. The summed E-state index contributed by atoms with van der Waals surface area (Å²) >= 11 is 8.06. The molecule has 0 bridgehead atoms. The molecule has 1 aliphatic heterocycles. The van der Waals surface area contributed by atoms with Crippen LogP contribution in [0, 0.1) is 5.41 Å². The van der Waals surface area contributed by atoms with Crippen LogP contribution in [-0.4, -0.2) is 24.6 Å². The van der Waals surface area contributed by atoms with Gasteiger partial charge in [0.2, 0.25) is 0 Å². The van der Waals surface area contributed by atoms with E-state index in [2.05, 4.69) is 19.2 Å². The van der Waals surface area contributed by atoms with Crippen molar-refractivity contribution in [3.8, 4) is 5.75 Å². The molecule has 0 aliphatic carbocycles. The number of halogens is 1. The zero-order chi connectivity index (χ0) is 15.3. The van der Waals surface area contributed by atoms with Gasteiger partial charge in [-0.05, 0) is 30.4 Å². The Labute approximate surface area is 136 Å². The van der Waals surface area contributed by atoms with Crippen molar-refractivity contribution in [3.05, 3.63) is 28.8 Å². The van der Waals surface area contributed by atoms with Gasteiger partial charge in [0.15, 0.2) is 5.17 Å². The van der Waals surface area contributed by atoms with Crippen LogP contribution < -0.4 is 10.1 Å². The van der Waals surface area contributed by atoms with Crippen LogP contribution in [0.1, 0.15) is 32.3 Å². The summed E-state index contributed by atoms with van der Waals surface area (Å²) in [7, 11) is 1.67. The van der Waals surface area contributed by atoms with Crippen molar-refractivity contribution in [1.29, 1.82) is 0 Å². The summed E-state index contributed by atoms with van der Waals surface area (Å²) < 4.78 is 5.36. The number of nitrogens with zero attached hydrogens (tertiary/aromatic N) is 1. The van der Waals surface area contributed by atoms with E-state index in [1.807, 2.05) is 30.0 Å².